The van der Waals surface area contributed by atoms with E-state index in [1.807, 2.05) is 6.08 Å². The number of rotatable bonds is 71. The van der Waals surface area contributed by atoms with Crippen LogP contribution in [0.2, 0.25) is 0 Å². The van der Waals surface area contributed by atoms with Gasteiger partial charge in [0.25, 0.3) is 0 Å². The van der Waals surface area contributed by atoms with Crippen LogP contribution in [0.25, 0.3) is 0 Å². The number of amides is 1. The number of aliphatic hydroxyl groups excluding tert-OH is 5. The number of carbonyl (C=O) groups excluding carboxylic acids is 2. The highest BCUT2D eigenvalue weighted by Gasteiger charge is 2.44. The first-order valence-electron chi connectivity index (χ1n) is 39.8. The number of ether oxygens (including phenoxy) is 3. The molecule has 536 valence electrons. The zero-order chi connectivity index (χ0) is 65.8. The van der Waals surface area contributed by atoms with Crippen LogP contribution in [0, 0.1) is 0 Å². The zero-order valence-electron chi connectivity index (χ0n) is 59.8. The topological polar surface area (TPSA) is 175 Å². The van der Waals surface area contributed by atoms with Crippen LogP contribution < -0.4 is 5.32 Å². The van der Waals surface area contributed by atoms with E-state index in [0.717, 1.165) is 57.8 Å². The van der Waals surface area contributed by atoms with Gasteiger partial charge in [-0.15, -0.1) is 0 Å². The van der Waals surface area contributed by atoms with Gasteiger partial charge in [-0.3, -0.25) is 9.59 Å². The van der Waals surface area contributed by atoms with E-state index in [1.165, 1.54) is 315 Å². The van der Waals surface area contributed by atoms with Crippen molar-refractivity contribution in [3.05, 3.63) is 36.5 Å². The summed E-state index contributed by atoms with van der Waals surface area (Å²) in [5.41, 5.74) is 0. The van der Waals surface area contributed by atoms with E-state index < -0.39 is 49.5 Å². The first-order chi connectivity index (χ1) is 44.7. The summed E-state index contributed by atoms with van der Waals surface area (Å²) in [4.78, 5) is 25.2. The van der Waals surface area contributed by atoms with Crippen LogP contribution in [-0.2, 0) is 23.8 Å². The fourth-order valence-corrected chi connectivity index (χ4v) is 12.8. The van der Waals surface area contributed by atoms with Crippen molar-refractivity contribution >= 4 is 11.9 Å². The van der Waals surface area contributed by atoms with Gasteiger partial charge < -0.3 is 45.1 Å². The van der Waals surface area contributed by atoms with Gasteiger partial charge in [-0.25, -0.2) is 0 Å². The molecule has 7 atom stereocenters. The fraction of sp³-hybridized carbons (Fsp3) is 0.900. The molecule has 0 aromatic heterocycles. The summed E-state index contributed by atoms with van der Waals surface area (Å²) in [5.74, 6) is -0.164. The van der Waals surface area contributed by atoms with Crippen molar-refractivity contribution < 1.29 is 49.3 Å². The van der Waals surface area contributed by atoms with E-state index in [1.54, 1.807) is 6.08 Å². The third-order valence-electron chi connectivity index (χ3n) is 19.0. The monoisotopic (exact) mass is 1290 g/mol. The minimum absolute atomic E-state index is 0.0152. The third-order valence-corrected chi connectivity index (χ3v) is 19.0. The molecular formula is C80H151NO10. The summed E-state index contributed by atoms with van der Waals surface area (Å²) >= 11 is 0. The molecule has 0 aromatic carbocycles. The predicted octanol–water partition coefficient (Wildman–Crippen LogP) is 21.3. The summed E-state index contributed by atoms with van der Waals surface area (Å²) in [7, 11) is 0. The van der Waals surface area contributed by atoms with Gasteiger partial charge in [-0.05, 0) is 64.2 Å². The number of esters is 1. The minimum atomic E-state index is -1.57. The summed E-state index contributed by atoms with van der Waals surface area (Å²) in [5, 5.41) is 54.4. The lowest BCUT2D eigenvalue weighted by molar-refractivity contribution is -0.302. The third kappa shape index (κ3) is 57.8. The molecule has 0 aliphatic carbocycles. The van der Waals surface area contributed by atoms with E-state index in [0.29, 0.717) is 19.4 Å². The fourth-order valence-electron chi connectivity index (χ4n) is 12.8. The lowest BCUT2D eigenvalue weighted by Gasteiger charge is -2.40. The average Bonchev–Trinajstić information content (AvgIpc) is 3.02. The van der Waals surface area contributed by atoms with Gasteiger partial charge >= 0.3 is 5.97 Å². The average molecular weight is 1290 g/mol. The lowest BCUT2D eigenvalue weighted by atomic mass is 9.99. The number of hydrogen-bond donors (Lipinski definition) is 6. The van der Waals surface area contributed by atoms with Crippen molar-refractivity contribution in [3.63, 3.8) is 0 Å². The Morgan fingerprint density at radius 2 is 0.736 bits per heavy atom. The molecule has 1 fully saturated rings. The molecule has 6 N–H and O–H groups in total. The number of unbranched alkanes of at least 4 members (excludes halogenated alkanes) is 53. The second kappa shape index (κ2) is 69.2. The molecule has 0 bridgehead atoms. The van der Waals surface area contributed by atoms with Crippen molar-refractivity contribution in [2.45, 2.75) is 442 Å². The standard InChI is InChI=1S/C80H151NO10/c1-3-5-7-9-11-13-15-16-17-18-39-42-45-48-52-56-60-64-68-76(85)89-69-65-61-57-53-49-46-43-40-37-35-33-31-29-27-25-23-21-19-20-22-24-26-28-30-32-34-36-38-41-44-47-51-55-59-63-67-75(84)81-72(71-90-80-79(88)78(87)77(86)74(70-82)91-80)73(83)66-62-58-54-50-14-12-10-8-6-4-2/h21,23,27,29,62,66,72-74,77-80,82-83,86-88H,3-20,22,24-26,28,30-61,63-65,67-71H2,1-2H3,(H,81,84)/b23-21-,29-27-,66-62+. The molecule has 1 aliphatic rings. The quantitative estimate of drug-likeness (QED) is 0.0195. The van der Waals surface area contributed by atoms with E-state index >= 15 is 0 Å². The van der Waals surface area contributed by atoms with Gasteiger partial charge in [0.05, 0.1) is 32.0 Å². The van der Waals surface area contributed by atoms with Crippen LogP contribution in [0.5, 0.6) is 0 Å². The Bertz CT molecular complexity index is 1610. The van der Waals surface area contributed by atoms with Gasteiger partial charge in [-0.1, -0.05) is 359 Å². The molecule has 11 heteroatoms. The van der Waals surface area contributed by atoms with Crippen molar-refractivity contribution in [2.75, 3.05) is 19.8 Å². The van der Waals surface area contributed by atoms with Crippen LogP contribution in [0.3, 0.4) is 0 Å². The number of allylic oxidation sites excluding steroid dienone is 5. The van der Waals surface area contributed by atoms with Crippen molar-refractivity contribution in [2.24, 2.45) is 0 Å². The predicted molar refractivity (Wildman–Crippen MR) is 384 cm³/mol. The number of aliphatic hydroxyl groups is 5. The smallest absolute Gasteiger partial charge is 0.305 e. The maximum absolute atomic E-state index is 13.0. The van der Waals surface area contributed by atoms with Crippen molar-refractivity contribution in [1.82, 2.24) is 5.32 Å². The van der Waals surface area contributed by atoms with Crippen molar-refractivity contribution in [3.8, 4) is 0 Å². The number of hydrogen-bond acceptors (Lipinski definition) is 10. The molecule has 1 heterocycles. The zero-order valence-corrected chi connectivity index (χ0v) is 59.8. The highest BCUT2D eigenvalue weighted by Crippen LogP contribution is 2.24. The Morgan fingerprint density at radius 1 is 0.407 bits per heavy atom. The molecule has 7 unspecified atom stereocenters. The van der Waals surface area contributed by atoms with Gasteiger partial charge in [0.2, 0.25) is 5.91 Å². The van der Waals surface area contributed by atoms with Gasteiger partial charge in [0.15, 0.2) is 6.29 Å². The van der Waals surface area contributed by atoms with Crippen LogP contribution in [0.1, 0.15) is 399 Å². The SMILES string of the molecule is CCCCCCCCCC/C=C/C(O)C(COC1OC(CO)C(O)C(O)C1O)NC(=O)CCCCCCCCCCCCCCCCCCC/C=C\C/C=C\CCCCCCCCCCCCCOC(=O)CCCCCCCCCCCCCCCCCCCC. The normalized spacial score (nSPS) is 17.7. The second-order valence-electron chi connectivity index (χ2n) is 27.8. The molecule has 1 rings (SSSR count). The van der Waals surface area contributed by atoms with E-state index in [9.17, 15) is 35.1 Å². The summed E-state index contributed by atoms with van der Waals surface area (Å²) < 4.78 is 16.8. The van der Waals surface area contributed by atoms with E-state index in [4.69, 9.17) is 14.2 Å². The Labute approximate surface area is 562 Å². The van der Waals surface area contributed by atoms with E-state index in [2.05, 4.69) is 43.5 Å². The molecule has 1 amide bonds. The lowest BCUT2D eigenvalue weighted by Crippen LogP contribution is -2.60. The largest absolute Gasteiger partial charge is 0.466 e. The molecule has 11 nitrogen and oxygen atoms in total. The second-order valence-corrected chi connectivity index (χ2v) is 27.8. The maximum Gasteiger partial charge on any atom is 0.305 e. The molecule has 0 saturated carbocycles. The van der Waals surface area contributed by atoms with E-state index in [-0.39, 0.29) is 18.5 Å². The van der Waals surface area contributed by atoms with Gasteiger partial charge in [0.1, 0.15) is 24.4 Å². The molecule has 1 aliphatic heterocycles. The highest BCUT2D eigenvalue weighted by atomic mass is 16.7. The molecule has 1 saturated heterocycles. The Hall–Kier alpha value is -2.12. The molecule has 91 heavy (non-hydrogen) atoms. The highest BCUT2D eigenvalue weighted by molar-refractivity contribution is 5.76. The molecule has 0 radical (unpaired) electrons. The molecule has 0 spiro atoms. The van der Waals surface area contributed by atoms with Crippen LogP contribution in [0.15, 0.2) is 36.5 Å². The first-order valence-corrected chi connectivity index (χ1v) is 39.8. The number of nitrogens with one attached hydrogen (secondary N) is 1. The summed E-state index contributed by atoms with van der Waals surface area (Å²) in [6.45, 7) is 4.38. The summed E-state index contributed by atoms with van der Waals surface area (Å²) in [6.07, 6.45) is 80.4. The molecular weight excluding hydrogens is 1130 g/mol. The molecule has 0 aromatic rings. The van der Waals surface area contributed by atoms with Gasteiger partial charge in [-0.2, -0.15) is 0 Å². The summed E-state index contributed by atoms with van der Waals surface area (Å²) in [6, 6.07) is -0.807. The van der Waals surface area contributed by atoms with Crippen LogP contribution in [-0.4, -0.2) is 100 Å². The minimum Gasteiger partial charge on any atom is -0.466 e. The van der Waals surface area contributed by atoms with Crippen LogP contribution >= 0.6 is 0 Å². The Kier molecular flexibility index (Phi) is 66.1. The van der Waals surface area contributed by atoms with Crippen molar-refractivity contribution in [1.29, 1.82) is 0 Å². The Morgan fingerprint density at radius 3 is 1.11 bits per heavy atom. The van der Waals surface area contributed by atoms with Crippen LogP contribution in [0.4, 0.5) is 0 Å². The first kappa shape index (κ1) is 86.9. The van der Waals surface area contributed by atoms with Gasteiger partial charge in [0, 0.05) is 12.8 Å². The number of carbonyl (C=O) groups is 2. The Balaban J connectivity index is 1.88. The maximum atomic E-state index is 13.0.